The van der Waals surface area contributed by atoms with Crippen molar-refractivity contribution in [3.8, 4) is 17.4 Å². The Morgan fingerprint density at radius 3 is 2.80 bits per heavy atom. The maximum Gasteiger partial charge on any atom is 0.184 e. The molecule has 0 N–H and O–H groups in total. The molecule has 0 saturated heterocycles. The van der Waals surface area contributed by atoms with Gasteiger partial charge >= 0.3 is 0 Å². The smallest absolute Gasteiger partial charge is 0.184 e. The van der Waals surface area contributed by atoms with E-state index in [2.05, 4.69) is 5.16 Å². The van der Waals surface area contributed by atoms with E-state index in [4.69, 9.17) is 21.4 Å². The van der Waals surface area contributed by atoms with Crippen LogP contribution in [0.3, 0.4) is 0 Å². The summed E-state index contributed by atoms with van der Waals surface area (Å²) in [6.45, 7) is 0. The second-order valence-corrected chi connectivity index (χ2v) is 3.22. The second kappa shape index (κ2) is 3.71. The molecule has 0 saturated carbocycles. The first-order valence-corrected chi connectivity index (χ1v) is 4.41. The topological polar surface area (TPSA) is 49.8 Å². The number of rotatable bonds is 1. The average molecular weight is 223 g/mol. The Bertz CT molecular complexity index is 545. The lowest BCUT2D eigenvalue weighted by atomic mass is 10.1. The molecule has 0 aliphatic carbocycles. The van der Waals surface area contributed by atoms with Gasteiger partial charge in [-0.25, -0.2) is 4.39 Å². The molecule has 0 bridgehead atoms. The van der Waals surface area contributed by atoms with Crippen molar-refractivity contribution in [2.45, 2.75) is 0 Å². The maximum atomic E-state index is 12.9. The lowest BCUT2D eigenvalue weighted by Crippen LogP contribution is -1.78. The number of hydrogen-bond donors (Lipinski definition) is 0. The number of hydrogen-bond acceptors (Lipinski definition) is 3. The van der Waals surface area contributed by atoms with Crippen LogP contribution in [-0.2, 0) is 0 Å². The Hall–Kier alpha value is -1.86. The second-order valence-electron chi connectivity index (χ2n) is 2.82. The highest BCUT2D eigenvalue weighted by Gasteiger charge is 2.08. The molecule has 0 spiro atoms. The van der Waals surface area contributed by atoms with Crippen LogP contribution in [0.15, 0.2) is 28.8 Å². The molecule has 0 atom stereocenters. The third-order valence-corrected chi connectivity index (χ3v) is 2.12. The van der Waals surface area contributed by atoms with E-state index in [1.54, 1.807) is 0 Å². The molecule has 0 aliphatic heterocycles. The molecular formula is C10H4ClFN2O. The summed E-state index contributed by atoms with van der Waals surface area (Å²) in [4.78, 5) is 0. The van der Waals surface area contributed by atoms with E-state index < -0.39 is 5.82 Å². The number of benzene rings is 1. The fraction of sp³-hybridized carbons (Fsp3) is 0. The van der Waals surface area contributed by atoms with Crippen LogP contribution >= 0.6 is 11.6 Å². The zero-order valence-corrected chi connectivity index (χ0v) is 8.12. The highest BCUT2D eigenvalue weighted by molar-refractivity contribution is 6.31. The predicted octanol–water partition coefficient (Wildman–Crippen LogP) is 3.01. The van der Waals surface area contributed by atoms with Crippen molar-refractivity contribution in [3.05, 3.63) is 40.8 Å². The van der Waals surface area contributed by atoms with Crippen molar-refractivity contribution >= 4 is 11.6 Å². The van der Waals surface area contributed by atoms with Crippen LogP contribution in [0.25, 0.3) is 11.3 Å². The average Bonchev–Trinajstić information content (AvgIpc) is 2.70. The van der Waals surface area contributed by atoms with Gasteiger partial charge < -0.3 is 4.52 Å². The SMILES string of the molecule is N#Cc1cc(-c2ccc(F)c(Cl)c2)on1. The van der Waals surface area contributed by atoms with Crippen molar-refractivity contribution in [2.75, 3.05) is 0 Å². The van der Waals surface area contributed by atoms with Gasteiger partial charge in [-0.2, -0.15) is 5.26 Å². The Morgan fingerprint density at radius 1 is 1.40 bits per heavy atom. The van der Waals surface area contributed by atoms with Crippen molar-refractivity contribution in [2.24, 2.45) is 0 Å². The van der Waals surface area contributed by atoms with Gasteiger partial charge in [-0.1, -0.05) is 16.8 Å². The minimum Gasteiger partial charge on any atom is -0.355 e. The molecule has 0 fully saturated rings. The van der Waals surface area contributed by atoms with E-state index in [-0.39, 0.29) is 10.7 Å². The van der Waals surface area contributed by atoms with Gasteiger partial charge in [0.25, 0.3) is 0 Å². The molecular weight excluding hydrogens is 219 g/mol. The third kappa shape index (κ3) is 1.83. The van der Waals surface area contributed by atoms with Crippen LogP contribution in [0.2, 0.25) is 5.02 Å². The molecule has 3 nitrogen and oxygen atoms in total. The summed E-state index contributed by atoms with van der Waals surface area (Å²) >= 11 is 5.60. The fourth-order valence-corrected chi connectivity index (χ4v) is 1.29. The molecule has 0 aliphatic rings. The first-order valence-electron chi connectivity index (χ1n) is 4.03. The van der Waals surface area contributed by atoms with Gasteiger partial charge in [-0.05, 0) is 18.2 Å². The van der Waals surface area contributed by atoms with Crippen LogP contribution in [0.4, 0.5) is 4.39 Å². The normalized spacial score (nSPS) is 9.93. The molecule has 5 heteroatoms. The van der Waals surface area contributed by atoms with Gasteiger partial charge in [0.05, 0.1) is 5.02 Å². The largest absolute Gasteiger partial charge is 0.355 e. The number of aromatic nitrogens is 1. The minimum atomic E-state index is -0.500. The van der Waals surface area contributed by atoms with E-state index >= 15 is 0 Å². The van der Waals surface area contributed by atoms with Gasteiger partial charge in [0.2, 0.25) is 0 Å². The molecule has 0 amide bonds. The molecule has 1 aromatic carbocycles. The van der Waals surface area contributed by atoms with Crippen LogP contribution in [0, 0.1) is 17.1 Å². The minimum absolute atomic E-state index is 0.00223. The Kier molecular flexibility index (Phi) is 2.40. The summed E-state index contributed by atoms with van der Waals surface area (Å²) in [7, 11) is 0. The van der Waals surface area contributed by atoms with E-state index in [9.17, 15) is 4.39 Å². The van der Waals surface area contributed by atoms with Crippen molar-refractivity contribution in [1.82, 2.24) is 5.16 Å². The molecule has 2 aromatic rings. The van der Waals surface area contributed by atoms with Gasteiger partial charge in [0.15, 0.2) is 11.5 Å². The van der Waals surface area contributed by atoms with Crippen molar-refractivity contribution < 1.29 is 8.91 Å². The molecule has 0 unspecified atom stereocenters. The summed E-state index contributed by atoms with van der Waals surface area (Å²) in [5.41, 5.74) is 0.751. The summed E-state index contributed by atoms with van der Waals surface area (Å²) < 4.78 is 17.7. The van der Waals surface area contributed by atoms with Gasteiger partial charge in [0.1, 0.15) is 11.9 Å². The van der Waals surface area contributed by atoms with E-state index in [1.165, 1.54) is 24.3 Å². The van der Waals surface area contributed by atoms with Gasteiger partial charge in [-0.15, -0.1) is 0 Å². The molecule has 1 heterocycles. The third-order valence-electron chi connectivity index (χ3n) is 1.83. The first kappa shape index (κ1) is 9.69. The highest BCUT2D eigenvalue weighted by atomic mass is 35.5. The van der Waals surface area contributed by atoms with E-state index in [0.717, 1.165) is 0 Å². The quantitative estimate of drug-likeness (QED) is 0.745. The summed E-state index contributed by atoms with van der Waals surface area (Å²) in [6.07, 6.45) is 0. The lowest BCUT2D eigenvalue weighted by Gasteiger charge is -1.96. The summed E-state index contributed by atoms with van der Waals surface area (Å²) in [5.74, 6) is -0.117. The van der Waals surface area contributed by atoms with Crippen LogP contribution in [-0.4, -0.2) is 5.16 Å². The monoisotopic (exact) mass is 222 g/mol. The Morgan fingerprint density at radius 2 is 2.20 bits per heavy atom. The number of halogens is 2. The first-order chi connectivity index (χ1) is 7.20. The zero-order chi connectivity index (χ0) is 10.8. The molecule has 0 radical (unpaired) electrons. The summed E-state index contributed by atoms with van der Waals surface area (Å²) in [6, 6.07) is 7.44. The van der Waals surface area contributed by atoms with Crippen molar-refractivity contribution in [3.63, 3.8) is 0 Å². The van der Waals surface area contributed by atoms with Crippen LogP contribution in [0.5, 0.6) is 0 Å². The molecule has 2 rings (SSSR count). The maximum absolute atomic E-state index is 12.9. The molecule has 15 heavy (non-hydrogen) atoms. The Labute approximate surface area is 89.7 Å². The summed E-state index contributed by atoms with van der Waals surface area (Å²) in [5, 5.41) is 12.0. The zero-order valence-electron chi connectivity index (χ0n) is 7.37. The van der Waals surface area contributed by atoms with E-state index in [1.807, 2.05) is 6.07 Å². The highest BCUT2D eigenvalue weighted by Crippen LogP contribution is 2.25. The lowest BCUT2D eigenvalue weighted by molar-refractivity contribution is 0.430. The number of nitriles is 1. The standard InChI is InChI=1S/C10H4ClFN2O/c11-8-3-6(1-2-9(8)12)10-4-7(5-13)14-15-10/h1-4H. The molecule has 1 aromatic heterocycles. The predicted molar refractivity (Wildman–Crippen MR) is 51.6 cm³/mol. The van der Waals surface area contributed by atoms with Crippen LogP contribution < -0.4 is 0 Å². The van der Waals surface area contributed by atoms with Crippen LogP contribution in [0.1, 0.15) is 5.69 Å². The van der Waals surface area contributed by atoms with E-state index in [0.29, 0.717) is 11.3 Å². The van der Waals surface area contributed by atoms with Gasteiger partial charge in [0, 0.05) is 11.6 Å². The number of nitrogens with zero attached hydrogens (tertiary/aromatic N) is 2. The molecule has 74 valence electrons. The van der Waals surface area contributed by atoms with Crippen molar-refractivity contribution in [1.29, 1.82) is 5.26 Å². The Balaban J connectivity index is 2.46. The fourth-order valence-electron chi connectivity index (χ4n) is 1.11. The van der Waals surface area contributed by atoms with Gasteiger partial charge in [-0.3, -0.25) is 0 Å².